The lowest BCUT2D eigenvalue weighted by Gasteiger charge is -2.21. The molecular weight excluding hydrogens is 278 g/mol. The SMILES string of the molecule is C[C@@H](OC(=O)[C@@H]1CCC(=O)N1)C(=O)NC(=O)NC(C)(C)C. The number of rotatable bonds is 3. The van der Waals surface area contributed by atoms with Crippen LogP contribution in [0.2, 0.25) is 0 Å². The molecule has 3 N–H and O–H groups in total. The van der Waals surface area contributed by atoms with E-state index in [1.165, 1.54) is 6.92 Å². The van der Waals surface area contributed by atoms with Gasteiger partial charge in [0.2, 0.25) is 5.91 Å². The monoisotopic (exact) mass is 299 g/mol. The molecule has 1 saturated heterocycles. The quantitative estimate of drug-likeness (QED) is 0.626. The second-order valence-corrected chi connectivity index (χ2v) is 5.93. The van der Waals surface area contributed by atoms with E-state index in [9.17, 15) is 19.2 Å². The molecule has 21 heavy (non-hydrogen) atoms. The van der Waals surface area contributed by atoms with Crippen LogP contribution in [0.15, 0.2) is 0 Å². The van der Waals surface area contributed by atoms with Crippen LogP contribution in [0, 0.1) is 0 Å². The van der Waals surface area contributed by atoms with Crippen LogP contribution in [-0.4, -0.2) is 41.5 Å². The average Bonchev–Trinajstić information content (AvgIpc) is 2.73. The van der Waals surface area contributed by atoms with Crippen LogP contribution in [0.4, 0.5) is 4.79 Å². The Balaban J connectivity index is 2.42. The molecule has 1 rings (SSSR count). The van der Waals surface area contributed by atoms with E-state index in [1.54, 1.807) is 20.8 Å². The first kappa shape index (κ1) is 16.9. The number of carbonyl (C=O) groups is 4. The molecule has 4 amide bonds. The summed E-state index contributed by atoms with van der Waals surface area (Å²) in [5.74, 6) is -1.63. The van der Waals surface area contributed by atoms with Gasteiger partial charge in [-0.05, 0) is 34.1 Å². The highest BCUT2D eigenvalue weighted by molar-refractivity contribution is 5.97. The van der Waals surface area contributed by atoms with Crippen molar-refractivity contribution >= 4 is 23.8 Å². The summed E-state index contributed by atoms with van der Waals surface area (Å²) in [6.45, 7) is 6.66. The molecule has 8 nitrogen and oxygen atoms in total. The lowest BCUT2D eigenvalue weighted by Crippen LogP contribution is -2.51. The van der Waals surface area contributed by atoms with Gasteiger partial charge in [-0.15, -0.1) is 0 Å². The molecule has 2 atom stereocenters. The molecule has 0 bridgehead atoms. The largest absolute Gasteiger partial charge is 0.451 e. The van der Waals surface area contributed by atoms with Crippen molar-refractivity contribution in [3.05, 3.63) is 0 Å². The molecule has 0 saturated carbocycles. The number of imide groups is 1. The Kier molecular flexibility index (Phi) is 5.28. The lowest BCUT2D eigenvalue weighted by molar-refractivity contribution is -0.156. The fourth-order valence-electron chi connectivity index (χ4n) is 1.69. The summed E-state index contributed by atoms with van der Waals surface area (Å²) in [7, 11) is 0. The van der Waals surface area contributed by atoms with Gasteiger partial charge in [-0.25, -0.2) is 9.59 Å². The fraction of sp³-hybridized carbons (Fsp3) is 0.692. The smallest absolute Gasteiger partial charge is 0.329 e. The molecule has 0 unspecified atom stereocenters. The molecule has 1 fully saturated rings. The fourth-order valence-corrected chi connectivity index (χ4v) is 1.69. The maximum atomic E-state index is 11.7. The zero-order valence-electron chi connectivity index (χ0n) is 12.6. The molecule has 0 aliphatic carbocycles. The molecule has 118 valence electrons. The summed E-state index contributed by atoms with van der Waals surface area (Å²) >= 11 is 0. The van der Waals surface area contributed by atoms with Crippen molar-refractivity contribution in [1.29, 1.82) is 0 Å². The van der Waals surface area contributed by atoms with Crippen molar-refractivity contribution in [2.75, 3.05) is 0 Å². The summed E-state index contributed by atoms with van der Waals surface area (Å²) in [5.41, 5.74) is -0.488. The third-order valence-electron chi connectivity index (χ3n) is 2.67. The van der Waals surface area contributed by atoms with Crippen LogP contribution in [-0.2, 0) is 19.1 Å². The van der Waals surface area contributed by atoms with Gasteiger partial charge in [0.1, 0.15) is 6.04 Å². The first-order valence-corrected chi connectivity index (χ1v) is 6.71. The molecule has 0 radical (unpaired) electrons. The first-order valence-electron chi connectivity index (χ1n) is 6.71. The second kappa shape index (κ2) is 6.55. The van der Waals surface area contributed by atoms with Crippen molar-refractivity contribution in [2.24, 2.45) is 0 Å². The van der Waals surface area contributed by atoms with Crippen LogP contribution < -0.4 is 16.0 Å². The molecule has 0 spiro atoms. The van der Waals surface area contributed by atoms with E-state index in [4.69, 9.17) is 4.74 Å². The van der Waals surface area contributed by atoms with Gasteiger partial charge in [0.25, 0.3) is 5.91 Å². The van der Waals surface area contributed by atoms with Crippen molar-refractivity contribution in [3.8, 4) is 0 Å². The molecule has 8 heteroatoms. The van der Waals surface area contributed by atoms with Crippen molar-refractivity contribution in [3.63, 3.8) is 0 Å². The van der Waals surface area contributed by atoms with Gasteiger partial charge in [0.05, 0.1) is 0 Å². The standard InChI is InChI=1S/C13H21N3O5/c1-7(10(18)15-12(20)16-13(2,3)4)21-11(19)8-5-6-9(17)14-8/h7-8H,5-6H2,1-4H3,(H,14,17)(H2,15,16,18,20)/t7-,8+/m1/s1. The van der Waals surface area contributed by atoms with Crippen molar-refractivity contribution in [2.45, 2.75) is 58.2 Å². The zero-order valence-corrected chi connectivity index (χ0v) is 12.6. The van der Waals surface area contributed by atoms with Gasteiger partial charge >= 0.3 is 12.0 Å². The number of ether oxygens (including phenoxy) is 1. The van der Waals surface area contributed by atoms with Gasteiger partial charge in [-0.1, -0.05) is 0 Å². The number of carbonyl (C=O) groups excluding carboxylic acids is 4. The highest BCUT2D eigenvalue weighted by Gasteiger charge is 2.31. The number of hydrogen-bond donors (Lipinski definition) is 3. The third kappa shape index (κ3) is 5.80. The van der Waals surface area contributed by atoms with Gasteiger partial charge in [-0.3, -0.25) is 14.9 Å². The Morgan fingerprint density at radius 1 is 1.33 bits per heavy atom. The Bertz CT molecular complexity index is 455. The van der Waals surface area contributed by atoms with Crippen LogP contribution in [0.5, 0.6) is 0 Å². The Labute approximate surface area is 123 Å². The molecular formula is C13H21N3O5. The van der Waals surface area contributed by atoms with E-state index < -0.39 is 35.6 Å². The minimum Gasteiger partial charge on any atom is -0.451 e. The maximum Gasteiger partial charge on any atom is 0.329 e. The number of amides is 4. The van der Waals surface area contributed by atoms with Crippen molar-refractivity contribution < 1.29 is 23.9 Å². The minimum absolute atomic E-state index is 0.224. The Morgan fingerprint density at radius 3 is 2.43 bits per heavy atom. The summed E-state index contributed by atoms with van der Waals surface area (Å²) in [6, 6.07) is -1.39. The number of hydrogen-bond acceptors (Lipinski definition) is 5. The van der Waals surface area contributed by atoms with Gasteiger partial charge in [-0.2, -0.15) is 0 Å². The number of esters is 1. The molecule has 0 aromatic carbocycles. The highest BCUT2D eigenvalue weighted by Crippen LogP contribution is 2.09. The number of urea groups is 1. The lowest BCUT2D eigenvalue weighted by atomic mass is 10.1. The summed E-state index contributed by atoms with van der Waals surface area (Å²) in [4.78, 5) is 45.9. The van der Waals surface area contributed by atoms with E-state index >= 15 is 0 Å². The average molecular weight is 299 g/mol. The summed E-state index contributed by atoms with van der Waals surface area (Å²) in [6.07, 6.45) is -0.522. The predicted molar refractivity (Wildman–Crippen MR) is 73.1 cm³/mol. The van der Waals surface area contributed by atoms with Crippen molar-refractivity contribution in [1.82, 2.24) is 16.0 Å². The Morgan fingerprint density at radius 2 is 1.95 bits per heavy atom. The normalized spacial score (nSPS) is 19.4. The van der Waals surface area contributed by atoms with E-state index in [2.05, 4.69) is 16.0 Å². The molecule has 1 aliphatic rings. The highest BCUT2D eigenvalue weighted by atomic mass is 16.5. The van der Waals surface area contributed by atoms with Gasteiger partial charge in [0, 0.05) is 12.0 Å². The minimum atomic E-state index is -1.12. The first-order chi connectivity index (χ1) is 9.58. The van der Waals surface area contributed by atoms with E-state index in [0.29, 0.717) is 6.42 Å². The summed E-state index contributed by atoms with van der Waals surface area (Å²) in [5, 5.41) is 7.08. The van der Waals surface area contributed by atoms with Gasteiger partial charge < -0.3 is 15.4 Å². The molecule has 1 heterocycles. The summed E-state index contributed by atoms with van der Waals surface area (Å²) < 4.78 is 4.93. The third-order valence-corrected chi connectivity index (χ3v) is 2.67. The number of nitrogens with one attached hydrogen (secondary N) is 3. The van der Waals surface area contributed by atoms with Crippen LogP contribution in [0.25, 0.3) is 0 Å². The van der Waals surface area contributed by atoms with E-state index in [1.807, 2.05) is 0 Å². The molecule has 1 aliphatic heterocycles. The topological polar surface area (TPSA) is 114 Å². The van der Waals surface area contributed by atoms with Gasteiger partial charge in [0.15, 0.2) is 6.10 Å². The van der Waals surface area contributed by atoms with Crippen LogP contribution >= 0.6 is 0 Å². The van der Waals surface area contributed by atoms with E-state index in [-0.39, 0.29) is 12.3 Å². The van der Waals surface area contributed by atoms with E-state index in [0.717, 1.165) is 0 Å². The molecule has 0 aromatic rings. The zero-order chi connectivity index (χ0) is 16.2. The van der Waals surface area contributed by atoms with Crippen LogP contribution in [0.1, 0.15) is 40.5 Å². The Hall–Kier alpha value is -2.12. The molecule has 0 aromatic heterocycles. The van der Waals surface area contributed by atoms with Crippen LogP contribution in [0.3, 0.4) is 0 Å². The second-order valence-electron chi connectivity index (χ2n) is 5.93. The predicted octanol–water partition coefficient (Wildman–Crippen LogP) is -0.179. The maximum absolute atomic E-state index is 11.7.